The van der Waals surface area contributed by atoms with Crippen molar-refractivity contribution in [1.29, 1.82) is 0 Å². The highest BCUT2D eigenvalue weighted by molar-refractivity contribution is 6.35. The molecule has 22 heavy (non-hydrogen) atoms. The van der Waals surface area contributed by atoms with Crippen LogP contribution >= 0.6 is 34.8 Å². The minimum Gasteiger partial charge on any atom is -0.355 e. The zero-order valence-corrected chi connectivity index (χ0v) is 14.2. The monoisotopic (exact) mass is 355 g/mol. The van der Waals surface area contributed by atoms with Gasteiger partial charge in [-0.1, -0.05) is 40.9 Å². The van der Waals surface area contributed by atoms with Gasteiger partial charge in [-0.3, -0.25) is 0 Å². The van der Waals surface area contributed by atoms with Crippen LogP contribution in [0.4, 0.5) is 5.82 Å². The van der Waals surface area contributed by atoms with E-state index < -0.39 is 0 Å². The number of nitrogens with one attached hydrogen (secondary N) is 1. The van der Waals surface area contributed by atoms with E-state index in [1.54, 1.807) is 12.3 Å². The van der Waals surface area contributed by atoms with E-state index in [1.165, 1.54) is 0 Å². The molecule has 0 spiro atoms. The molecule has 1 saturated heterocycles. The highest BCUT2D eigenvalue weighted by Gasteiger charge is 2.23. The quantitative estimate of drug-likeness (QED) is 0.879. The Labute approximate surface area is 145 Å². The Morgan fingerprint density at radius 3 is 2.68 bits per heavy atom. The fraction of sp³-hybridized carbons (Fsp3) is 0.312. The summed E-state index contributed by atoms with van der Waals surface area (Å²) >= 11 is 18.0. The summed E-state index contributed by atoms with van der Waals surface area (Å²) in [6, 6.07) is 9.86. The van der Waals surface area contributed by atoms with Crippen molar-refractivity contribution in [2.75, 3.05) is 18.0 Å². The molecule has 3 rings (SSSR count). The molecule has 1 aliphatic heterocycles. The third-order valence-electron chi connectivity index (χ3n) is 3.82. The lowest BCUT2D eigenvalue weighted by atomic mass is 10.2. The number of hydrogen-bond acceptors (Lipinski definition) is 3. The van der Waals surface area contributed by atoms with E-state index in [9.17, 15) is 0 Å². The summed E-state index contributed by atoms with van der Waals surface area (Å²) in [5, 5.41) is 5.57. The predicted octanol–water partition coefficient (Wildman–Crippen LogP) is 4.41. The first-order chi connectivity index (χ1) is 10.6. The van der Waals surface area contributed by atoms with Gasteiger partial charge in [-0.15, -0.1) is 0 Å². The standard InChI is InChI=1S/C16H16Cl3N3/c17-12-2-1-11(15(19)7-12)8-20-14-5-6-22(10-14)16-4-3-13(18)9-21-16/h1-4,7,9,14,20H,5-6,8,10H2. The number of hydrogen-bond donors (Lipinski definition) is 1. The van der Waals surface area contributed by atoms with E-state index in [2.05, 4.69) is 15.2 Å². The van der Waals surface area contributed by atoms with Gasteiger partial charge in [-0.2, -0.15) is 0 Å². The summed E-state index contributed by atoms with van der Waals surface area (Å²) < 4.78 is 0. The van der Waals surface area contributed by atoms with Crippen molar-refractivity contribution < 1.29 is 0 Å². The summed E-state index contributed by atoms with van der Waals surface area (Å²) in [4.78, 5) is 6.63. The van der Waals surface area contributed by atoms with Gasteiger partial charge in [-0.25, -0.2) is 4.98 Å². The molecule has 1 aliphatic rings. The van der Waals surface area contributed by atoms with Crippen LogP contribution in [0.1, 0.15) is 12.0 Å². The van der Waals surface area contributed by atoms with Gasteiger partial charge >= 0.3 is 0 Å². The summed E-state index contributed by atoms with van der Waals surface area (Å²) in [6.45, 7) is 2.66. The molecule has 1 N–H and O–H groups in total. The Bertz CT molecular complexity index is 646. The molecule has 0 amide bonds. The van der Waals surface area contributed by atoms with Crippen LogP contribution in [0.2, 0.25) is 15.1 Å². The highest BCUT2D eigenvalue weighted by Crippen LogP contribution is 2.22. The SMILES string of the molecule is Clc1ccc(N2CCC(NCc3ccc(Cl)cc3Cl)C2)nc1. The minimum absolute atomic E-state index is 0.421. The van der Waals surface area contributed by atoms with Crippen molar-refractivity contribution in [2.45, 2.75) is 19.0 Å². The van der Waals surface area contributed by atoms with Crippen LogP contribution < -0.4 is 10.2 Å². The smallest absolute Gasteiger partial charge is 0.128 e. The van der Waals surface area contributed by atoms with Crippen molar-refractivity contribution in [1.82, 2.24) is 10.3 Å². The van der Waals surface area contributed by atoms with Gasteiger partial charge in [0.1, 0.15) is 5.82 Å². The Kier molecular flexibility index (Phi) is 5.09. The summed E-state index contributed by atoms with van der Waals surface area (Å²) in [7, 11) is 0. The van der Waals surface area contributed by atoms with Crippen LogP contribution in [-0.2, 0) is 6.54 Å². The lowest BCUT2D eigenvalue weighted by Gasteiger charge is -2.18. The van der Waals surface area contributed by atoms with Crippen molar-refractivity contribution in [3.05, 3.63) is 57.2 Å². The van der Waals surface area contributed by atoms with Crippen molar-refractivity contribution in [3.63, 3.8) is 0 Å². The molecule has 0 bridgehead atoms. The van der Waals surface area contributed by atoms with Crippen LogP contribution in [0, 0.1) is 0 Å². The van der Waals surface area contributed by atoms with Gasteiger partial charge in [0.05, 0.1) is 5.02 Å². The number of nitrogens with zero attached hydrogens (tertiary/aromatic N) is 2. The maximum absolute atomic E-state index is 6.20. The van der Waals surface area contributed by atoms with Gasteiger partial charge in [0.2, 0.25) is 0 Å². The first kappa shape index (κ1) is 15.9. The van der Waals surface area contributed by atoms with E-state index in [-0.39, 0.29) is 0 Å². The van der Waals surface area contributed by atoms with Crippen LogP contribution in [-0.4, -0.2) is 24.1 Å². The fourth-order valence-electron chi connectivity index (χ4n) is 2.61. The summed E-state index contributed by atoms with van der Waals surface area (Å²) in [5.41, 5.74) is 1.06. The molecule has 0 radical (unpaired) electrons. The van der Waals surface area contributed by atoms with Crippen molar-refractivity contribution in [2.24, 2.45) is 0 Å². The molecular weight excluding hydrogens is 341 g/mol. The molecule has 1 aromatic heterocycles. The zero-order chi connectivity index (χ0) is 15.5. The highest BCUT2D eigenvalue weighted by atomic mass is 35.5. The minimum atomic E-state index is 0.421. The Morgan fingerprint density at radius 1 is 1.14 bits per heavy atom. The van der Waals surface area contributed by atoms with Crippen molar-refractivity contribution >= 4 is 40.6 Å². The zero-order valence-electron chi connectivity index (χ0n) is 11.9. The maximum Gasteiger partial charge on any atom is 0.128 e. The average molecular weight is 357 g/mol. The number of halogens is 3. The van der Waals surface area contributed by atoms with Crippen LogP contribution in [0.25, 0.3) is 0 Å². The molecule has 6 heteroatoms. The van der Waals surface area contributed by atoms with Crippen LogP contribution in [0.15, 0.2) is 36.5 Å². The third kappa shape index (κ3) is 3.85. The second-order valence-electron chi connectivity index (χ2n) is 5.38. The molecule has 1 aromatic carbocycles. The molecule has 1 unspecified atom stereocenters. The molecule has 2 aromatic rings. The van der Waals surface area contributed by atoms with E-state index in [0.29, 0.717) is 21.1 Å². The van der Waals surface area contributed by atoms with Crippen LogP contribution in [0.3, 0.4) is 0 Å². The van der Waals surface area contributed by atoms with E-state index >= 15 is 0 Å². The Morgan fingerprint density at radius 2 is 1.95 bits per heavy atom. The van der Waals surface area contributed by atoms with Crippen molar-refractivity contribution in [3.8, 4) is 0 Å². The molecule has 2 heterocycles. The maximum atomic E-state index is 6.20. The average Bonchev–Trinajstić information content (AvgIpc) is 2.96. The largest absolute Gasteiger partial charge is 0.355 e. The van der Waals surface area contributed by atoms with Gasteiger partial charge in [0.25, 0.3) is 0 Å². The second kappa shape index (κ2) is 7.05. The van der Waals surface area contributed by atoms with E-state index in [0.717, 1.165) is 37.4 Å². The van der Waals surface area contributed by atoms with Crippen LogP contribution in [0.5, 0.6) is 0 Å². The van der Waals surface area contributed by atoms with Gasteiger partial charge in [-0.05, 0) is 36.2 Å². The molecule has 1 atom stereocenters. The normalized spacial score (nSPS) is 18.0. The molecule has 1 fully saturated rings. The fourth-order valence-corrected chi connectivity index (χ4v) is 3.20. The number of anilines is 1. The first-order valence-electron chi connectivity index (χ1n) is 7.15. The number of benzene rings is 1. The predicted molar refractivity (Wildman–Crippen MR) is 93.2 cm³/mol. The lowest BCUT2D eigenvalue weighted by Crippen LogP contribution is -2.32. The Balaban J connectivity index is 1.56. The third-order valence-corrected chi connectivity index (χ3v) is 4.63. The number of pyridine rings is 1. The number of rotatable bonds is 4. The first-order valence-corrected chi connectivity index (χ1v) is 8.29. The lowest BCUT2D eigenvalue weighted by molar-refractivity contribution is 0.551. The van der Waals surface area contributed by atoms with Gasteiger partial charge in [0, 0.05) is 41.9 Å². The van der Waals surface area contributed by atoms with Gasteiger partial charge in [0.15, 0.2) is 0 Å². The molecular formula is C16H16Cl3N3. The van der Waals surface area contributed by atoms with Gasteiger partial charge < -0.3 is 10.2 Å². The topological polar surface area (TPSA) is 28.2 Å². The molecule has 0 aliphatic carbocycles. The van der Waals surface area contributed by atoms with E-state index in [1.807, 2.05) is 24.3 Å². The summed E-state index contributed by atoms with van der Waals surface area (Å²) in [5.74, 6) is 0.971. The molecule has 3 nitrogen and oxygen atoms in total. The molecule has 116 valence electrons. The number of aromatic nitrogens is 1. The van der Waals surface area contributed by atoms with E-state index in [4.69, 9.17) is 34.8 Å². The molecule has 0 saturated carbocycles. The second-order valence-corrected chi connectivity index (χ2v) is 6.66. The summed E-state index contributed by atoms with van der Waals surface area (Å²) in [6.07, 6.45) is 2.76. The Hall–Kier alpha value is -1.00.